The number of nitrogens with zero attached hydrogens (tertiary/aromatic N) is 3. The van der Waals surface area contributed by atoms with Crippen molar-refractivity contribution in [3.8, 4) is 0 Å². The van der Waals surface area contributed by atoms with Gasteiger partial charge in [-0.25, -0.2) is 4.68 Å². The first kappa shape index (κ1) is 17.6. The number of aliphatic hydroxyl groups is 1. The van der Waals surface area contributed by atoms with Crippen molar-refractivity contribution >= 4 is 5.91 Å². The first-order valence-electron chi connectivity index (χ1n) is 8.80. The van der Waals surface area contributed by atoms with E-state index in [0.29, 0.717) is 18.2 Å². The van der Waals surface area contributed by atoms with E-state index >= 15 is 0 Å². The largest absolute Gasteiger partial charge is 0.388 e. The number of carbonyl (C=O) groups is 1. The van der Waals surface area contributed by atoms with Crippen LogP contribution in [-0.2, 0) is 0 Å². The van der Waals surface area contributed by atoms with Crippen LogP contribution < -0.4 is 10.6 Å². The molecule has 1 aliphatic heterocycles. The van der Waals surface area contributed by atoms with Gasteiger partial charge in [0, 0.05) is 6.04 Å². The SMILES string of the molecule is CC(CC(O)c1ccccc1)NC(=O)c1cn(C2CCNCC2)nn1. The quantitative estimate of drug-likeness (QED) is 0.738. The summed E-state index contributed by atoms with van der Waals surface area (Å²) in [6, 6.07) is 9.57. The van der Waals surface area contributed by atoms with Crippen molar-refractivity contribution in [3.63, 3.8) is 0 Å². The van der Waals surface area contributed by atoms with Gasteiger partial charge in [0.1, 0.15) is 0 Å². The molecule has 0 radical (unpaired) electrons. The molecule has 134 valence electrons. The molecular formula is C18H25N5O2. The van der Waals surface area contributed by atoms with Gasteiger partial charge in [0.05, 0.1) is 18.3 Å². The van der Waals surface area contributed by atoms with Gasteiger partial charge < -0.3 is 15.7 Å². The first-order valence-corrected chi connectivity index (χ1v) is 8.80. The summed E-state index contributed by atoms with van der Waals surface area (Å²) in [4.78, 5) is 12.3. The summed E-state index contributed by atoms with van der Waals surface area (Å²) < 4.78 is 1.79. The van der Waals surface area contributed by atoms with Crippen LogP contribution in [0.4, 0.5) is 0 Å². The summed E-state index contributed by atoms with van der Waals surface area (Å²) >= 11 is 0. The van der Waals surface area contributed by atoms with Crippen LogP contribution in [0.2, 0.25) is 0 Å². The third-order valence-electron chi connectivity index (χ3n) is 4.56. The zero-order valence-corrected chi connectivity index (χ0v) is 14.4. The Hall–Kier alpha value is -2.25. The molecular weight excluding hydrogens is 318 g/mol. The standard InChI is InChI=1S/C18H25N5O2/c1-13(11-17(24)14-5-3-2-4-6-14)20-18(25)16-12-23(22-21-16)15-7-9-19-10-8-15/h2-6,12-13,15,17,19,24H,7-11H2,1H3,(H,20,25). The van der Waals surface area contributed by atoms with Crippen molar-refractivity contribution in [1.29, 1.82) is 0 Å². The van der Waals surface area contributed by atoms with Crippen molar-refractivity contribution in [1.82, 2.24) is 25.6 Å². The molecule has 3 N–H and O–H groups in total. The van der Waals surface area contributed by atoms with E-state index in [1.54, 1.807) is 10.9 Å². The maximum atomic E-state index is 12.3. The molecule has 2 heterocycles. The molecule has 0 saturated carbocycles. The third-order valence-corrected chi connectivity index (χ3v) is 4.56. The van der Waals surface area contributed by atoms with E-state index < -0.39 is 6.10 Å². The number of benzene rings is 1. The van der Waals surface area contributed by atoms with Crippen molar-refractivity contribution in [2.75, 3.05) is 13.1 Å². The molecule has 2 unspecified atom stereocenters. The second kappa shape index (κ2) is 8.22. The van der Waals surface area contributed by atoms with Crippen molar-refractivity contribution in [3.05, 3.63) is 47.8 Å². The van der Waals surface area contributed by atoms with Gasteiger partial charge in [-0.05, 0) is 44.8 Å². The summed E-state index contributed by atoms with van der Waals surface area (Å²) in [5.74, 6) is -0.257. The fraction of sp³-hybridized carbons (Fsp3) is 0.500. The molecule has 1 aliphatic rings. The molecule has 7 nitrogen and oxygen atoms in total. The highest BCUT2D eigenvalue weighted by atomic mass is 16.3. The number of carbonyl (C=O) groups excluding carboxylic acids is 1. The average Bonchev–Trinajstić information content (AvgIpc) is 3.13. The van der Waals surface area contributed by atoms with E-state index in [1.165, 1.54) is 0 Å². The molecule has 1 aromatic heterocycles. The van der Waals surface area contributed by atoms with Gasteiger partial charge >= 0.3 is 0 Å². The van der Waals surface area contributed by atoms with Crippen LogP contribution in [0.3, 0.4) is 0 Å². The monoisotopic (exact) mass is 343 g/mol. The summed E-state index contributed by atoms with van der Waals surface area (Å²) in [6.45, 7) is 3.79. The van der Waals surface area contributed by atoms with Crippen LogP contribution in [0.25, 0.3) is 0 Å². The van der Waals surface area contributed by atoms with Gasteiger partial charge in [-0.3, -0.25) is 4.79 Å². The predicted molar refractivity (Wildman–Crippen MR) is 94.1 cm³/mol. The van der Waals surface area contributed by atoms with Gasteiger partial charge in [-0.15, -0.1) is 5.10 Å². The van der Waals surface area contributed by atoms with Crippen LogP contribution in [-0.4, -0.2) is 45.1 Å². The second-order valence-corrected chi connectivity index (χ2v) is 6.60. The highest BCUT2D eigenvalue weighted by Gasteiger charge is 2.20. The Morgan fingerprint density at radius 3 is 2.80 bits per heavy atom. The molecule has 25 heavy (non-hydrogen) atoms. The Bertz CT molecular complexity index is 682. The van der Waals surface area contributed by atoms with E-state index in [0.717, 1.165) is 31.5 Å². The summed E-state index contributed by atoms with van der Waals surface area (Å²) in [5.41, 5.74) is 1.17. The number of aromatic nitrogens is 3. The van der Waals surface area contributed by atoms with Gasteiger partial charge in [0.2, 0.25) is 0 Å². The first-order chi connectivity index (χ1) is 12.1. The van der Waals surface area contributed by atoms with Crippen molar-refractivity contribution < 1.29 is 9.90 Å². The number of hydrogen-bond acceptors (Lipinski definition) is 5. The van der Waals surface area contributed by atoms with E-state index in [1.807, 2.05) is 37.3 Å². The van der Waals surface area contributed by atoms with Crippen LogP contribution in [0, 0.1) is 0 Å². The van der Waals surface area contributed by atoms with E-state index in [2.05, 4.69) is 20.9 Å². The summed E-state index contributed by atoms with van der Waals surface area (Å²) in [6.07, 6.45) is 3.53. The van der Waals surface area contributed by atoms with Gasteiger partial charge in [0.25, 0.3) is 5.91 Å². The lowest BCUT2D eigenvalue weighted by Crippen LogP contribution is -2.34. The fourth-order valence-corrected chi connectivity index (χ4v) is 3.13. The highest BCUT2D eigenvalue weighted by molar-refractivity contribution is 5.92. The highest BCUT2D eigenvalue weighted by Crippen LogP contribution is 2.19. The summed E-state index contributed by atoms with van der Waals surface area (Å²) in [5, 5.41) is 24.6. The zero-order valence-electron chi connectivity index (χ0n) is 14.4. The average molecular weight is 343 g/mol. The van der Waals surface area contributed by atoms with E-state index in [4.69, 9.17) is 0 Å². The Labute approximate surface area is 147 Å². The number of aliphatic hydroxyl groups excluding tert-OH is 1. The Morgan fingerprint density at radius 2 is 2.08 bits per heavy atom. The Balaban J connectivity index is 1.54. The molecule has 1 saturated heterocycles. The van der Waals surface area contributed by atoms with E-state index in [9.17, 15) is 9.90 Å². The normalized spacial score (nSPS) is 17.8. The number of piperidine rings is 1. The molecule has 0 aliphatic carbocycles. The topological polar surface area (TPSA) is 92.1 Å². The molecule has 0 spiro atoms. The molecule has 2 aromatic rings. The van der Waals surface area contributed by atoms with Crippen LogP contribution >= 0.6 is 0 Å². The second-order valence-electron chi connectivity index (χ2n) is 6.60. The van der Waals surface area contributed by atoms with Gasteiger partial charge in [-0.2, -0.15) is 0 Å². The Kier molecular flexibility index (Phi) is 5.78. The fourth-order valence-electron chi connectivity index (χ4n) is 3.13. The van der Waals surface area contributed by atoms with Crippen molar-refractivity contribution in [2.24, 2.45) is 0 Å². The van der Waals surface area contributed by atoms with Gasteiger partial charge in [0.15, 0.2) is 5.69 Å². The third kappa shape index (κ3) is 4.64. The minimum Gasteiger partial charge on any atom is -0.388 e. The van der Waals surface area contributed by atoms with Gasteiger partial charge in [-0.1, -0.05) is 35.5 Å². The number of amides is 1. The number of hydrogen-bond donors (Lipinski definition) is 3. The zero-order chi connectivity index (χ0) is 17.6. The lowest BCUT2D eigenvalue weighted by Gasteiger charge is -2.22. The number of rotatable bonds is 6. The molecule has 7 heteroatoms. The molecule has 3 rings (SSSR count). The number of nitrogens with one attached hydrogen (secondary N) is 2. The smallest absolute Gasteiger partial charge is 0.273 e. The minimum atomic E-state index is -0.609. The van der Waals surface area contributed by atoms with Crippen LogP contribution in [0.15, 0.2) is 36.5 Å². The molecule has 1 fully saturated rings. The molecule has 1 aromatic carbocycles. The maximum Gasteiger partial charge on any atom is 0.273 e. The minimum absolute atomic E-state index is 0.174. The Morgan fingerprint density at radius 1 is 1.36 bits per heavy atom. The molecule has 2 atom stereocenters. The van der Waals surface area contributed by atoms with E-state index in [-0.39, 0.29) is 11.9 Å². The van der Waals surface area contributed by atoms with Crippen LogP contribution in [0.1, 0.15) is 54.4 Å². The molecule has 0 bridgehead atoms. The lowest BCUT2D eigenvalue weighted by molar-refractivity contribution is 0.0912. The maximum absolute atomic E-state index is 12.3. The van der Waals surface area contributed by atoms with Crippen LogP contribution in [0.5, 0.6) is 0 Å². The lowest BCUT2D eigenvalue weighted by atomic mass is 10.0. The summed E-state index contributed by atoms with van der Waals surface area (Å²) in [7, 11) is 0. The predicted octanol–water partition coefficient (Wildman–Crippen LogP) is 1.44. The molecule has 1 amide bonds. The van der Waals surface area contributed by atoms with Crippen molar-refractivity contribution in [2.45, 2.75) is 44.4 Å².